The van der Waals surface area contributed by atoms with Crippen LogP contribution in [-0.4, -0.2) is 52.5 Å². The van der Waals surface area contributed by atoms with Gasteiger partial charge in [0.05, 0.1) is 13.5 Å². The van der Waals surface area contributed by atoms with Crippen LogP contribution in [-0.2, 0) is 16.0 Å². The molecule has 6 nitrogen and oxygen atoms in total. The third-order valence-corrected chi connectivity index (χ3v) is 6.67. The number of carbonyl (C=O) groups excluding carboxylic acids is 2. The molecular formula is C23H23Cl2N3O3S. The SMILES string of the molecule is COc1ccc(NC(=O)C[C@H]2C(=O)N(C3CC3)C(=S)N2CCc2ccc(Cl)cc2Cl)cc1. The van der Waals surface area contributed by atoms with E-state index in [4.69, 9.17) is 40.2 Å². The molecule has 0 spiro atoms. The first-order valence-corrected chi connectivity index (χ1v) is 11.6. The minimum Gasteiger partial charge on any atom is -0.497 e. The van der Waals surface area contributed by atoms with Crippen molar-refractivity contribution in [3.63, 3.8) is 0 Å². The average Bonchev–Trinajstić information content (AvgIpc) is 3.56. The van der Waals surface area contributed by atoms with Crippen molar-refractivity contribution in [1.82, 2.24) is 9.80 Å². The first-order valence-electron chi connectivity index (χ1n) is 10.4. The highest BCUT2D eigenvalue weighted by Crippen LogP contribution is 2.34. The summed E-state index contributed by atoms with van der Waals surface area (Å²) < 4.78 is 5.14. The molecule has 2 amide bonds. The van der Waals surface area contributed by atoms with Gasteiger partial charge in [0.15, 0.2) is 5.11 Å². The lowest BCUT2D eigenvalue weighted by molar-refractivity contribution is -0.131. The predicted octanol–water partition coefficient (Wildman–Crippen LogP) is 4.53. The minimum absolute atomic E-state index is 0.0164. The van der Waals surface area contributed by atoms with Crippen molar-refractivity contribution in [1.29, 1.82) is 0 Å². The maximum Gasteiger partial charge on any atom is 0.252 e. The number of carbonyl (C=O) groups is 2. The Morgan fingerprint density at radius 3 is 2.53 bits per heavy atom. The van der Waals surface area contributed by atoms with E-state index in [1.807, 2.05) is 11.0 Å². The zero-order valence-corrected chi connectivity index (χ0v) is 19.8. The molecule has 0 radical (unpaired) electrons. The van der Waals surface area contributed by atoms with Crippen LogP contribution in [0.5, 0.6) is 5.75 Å². The lowest BCUT2D eigenvalue weighted by atomic mass is 10.1. The number of methoxy groups -OCH3 is 1. The number of ether oxygens (including phenoxy) is 1. The number of hydrogen-bond acceptors (Lipinski definition) is 4. The Hall–Kier alpha value is -2.35. The summed E-state index contributed by atoms with van der Waals surface area (Å²) in [5.41, 5.74) is 1.56. The van der Waals surface area contributed by atoms with E-state index in [0.717, 1.165) is 18.4 Å². The molecule has 1 aliphatic carbocycles. The normalized spacial score (nSPS) is 18.3. The molecule has 0 unspecified atom stereocenters. The van der Waals surface area contributed by atoms with Gasteiger partial charge in [0, 0.05) is 28.3 Å². The molecule has 1 heterocycles. The second-order valence-corrected chi connectivity index (χ2v) is 9.11. The smallest absolute Gasteiger partial charge is 0.252 e. The zero-order chi connectivity index (χ0) is 22.8. The molecule has 9 heteroatoms. The van der Waals surface area contributed by atoms with Gasteiger partial charge < -0.3 is 15.0 Å². The van der Waals surface area contributed by atoms with Crippen molar-refractivity contribution in [2.45, 2.75) is 37.8 Å². The van der Waals surface area contributed by atoms with Crippen LogP contribution in [0.4, 0.5) is 5.69 Å². The van der Waals surface area contributed by atoms with Gasteiger partial charge in [-0.2, -0.15) is 0 Å². The van der Waals surface area contributed by atoms with E-state index >= 15 is 0 Å². The fourth-order valence-electron chi connectivity index (χ4n) is 3.80. The largest absolute Gasteiger partial charge is 0.497 e. The van der Waals surface area contributed by atoms with E-state index < -0.39 is 6.04 Å². The molecular weight excluding hydrogens is 469 g/mol. The summed E-state index contributed by atoms with van der Waals surface area (Å²) in [5, 5.41) is 4.48. The standard InChI is InChI=1S/C23H23Cl2N3O3S/c1-31-18-8-4-16(5-9-18)26-21(29)13-20-22(30)28(17-6-7-17)23(32)27(20)11-10-14-2-3-15(24)12-19(14)25/h2-5,8-9,12,17,20H,6-7,10-11,13H2,1H3,(H,26,29)/t20-/m0/s1. The van der Waals surface area contributed by atoms with Crippen LogP contribution >= 0.6 is 35.4 Å². The quantitative estimate of drug-likeness (QED) is 0.549. The molecule has 2 aromatic carbocycles. The summed E-state index contributed by atoms with van der Waals surface area (Å²) in [7, 11) is 1.58. The first-order chi connectivity index (χ1) is 15.4. The van der Waals surface area contributed by atoms with Crippen LogP contribution in [0.2, 0.25) is 10.0 Å². The highest BCUT2D eigenvalue weighted by molar-refractivity contribution is 7.80. The summed E-state index contributed by atoms with van der Waals surface area (Å²) >= 11 is 18.0. The van der Waals surface area contributed by atoms with E-state index in [0.29, 0.717) is 39.6 Å². The van der Waals surface area contributed by atoms with E-state index in [1.165, 1.54) is 0 Å². The highest BCUT2D eigenvalue weighted by atomic mass is 35.5. The molecule has 2 aliphatic rings. The number of rotatable bonds is 8. The molecule has 32 heavy (non-hydrogen) atoms. The molecule has 2 fully saturated rings. The number of benzene rings is 2. The summed E-state index contributed by atoms with van der Waals surface area (Å²) in [6, 6.07) is 11.9. The monoisotopic (exact) mass is 491 g/mol. The second-order valence-electron chi connectivity index (χ2n) is 7.90. The molecule has 168 valence electrons. The molecule has 1 atom stereocenters. The summed E-state index contributed by atoms with van der Waals surface area (Å²) in [6.45, 7) is 0.482. The van der Waals surface area contributed by atoms with Crippen LogP contribution in [0, 0.1) is 0 Å². The first kappa shape index (κ1) is 22.8. The van der Waals surface area contributed by atoms with Crippen molar-refractivity contribution < 1.29 is 14.3 Å². The topological polar surface area (TPSA) is 61.9 Å². The van der Waals surface area contributed by atoms with Crippen LogP contribution in [0.25, 0.3) is 0 Å². The van der Waals surface area contributed by atoms with Gasteiger partial charge in [-0.25, -0.2) is 0 Å². The second kappa shape index (κ2) is 9.65. The lowest BCUT2D eigenvalue weighted by Crippen LogP contribution is -2.39. The number of nitrogens with one attached hydrogen (secondary N) is 1. The molecule has 0 bridgehead atoms. The van der Waals surface area contributed by atoms with Gasteiger partial charge in [-0.15, -0.1) is 0 Å². The van der Waals surface area contributed by atoms with Crippen LogP contribution in [0.3, 0.4) is 0 Å². The number of nitrogens with zero attached hydrogens (tertiary/aromatic N) is 2. The molecule has 4 rings (SSSR count). The number of amides is 2. The van der Waals surface area contributed by atoms with Crippen LogP contribution in [0.15, 0.2) is 42.5 Å². The summed E-state index contributed by atoms with van der Waals surface area (Å²) in [4.78, 5) is 29.5. The predicted molar refractivity (Wildman–Crippen MR) is 129 cm³/mol. The van der Waals surface area contributed by atoms with Gasteiger partial charge in [0.25, 0.3) is 5.91 Å². The van der Waals surface area contributed by atoms with Crippen molar-refractivity contribution in [2.75, 3.05) is 19.0 Å². The fourth-order valence-corrected chi connectivity index (χ4v) is 4.77. The Morgan fingerprint density at radius 1 is 1.19 bits per heavy atom. The van der Waals surface area contributed by atoms with Gasteiger partial charge >= 0.3 is 0 Å². The van der Waals surface area contributed by atoms with Crippen molar-refractivity contribution >= 4 is 58.0 Å². The number of anilines is 1. The van der Waals surface area contributed by atoms with E-state index in [2.05, 4.69) is 5.32 Å². The van der Waals surface area contributed by atoms with Gasteiger partial charge in [-0.1, -0.05) is 29.3 Å². The fraction of sp³-hybridized carbons (Fsp3) is 0.348. The Bertz CT molecular complexity index is 1040. The van der Waals surface area contributed by atoms with Crippen molar-refractivity contribution in [3.05, 3.63) is 58.1 Å². The summed E-state index contributed by atoms with van der Waals surface area (Å²) in [6.07, 6.45) is 2.47. The molecule has 2 aromatic rings. The number of thiocarbonyl (C=S) groups is 1. The minimum atomic E-state index is -0.632. The third-order valence-electron chi connectivity index (χ3n) is 5.65. The Labute approximate surface area is 202 Å². The van der Waals surface area contributed by atoms with Gasteiger partial charge in [-0.3, -0.25) is 14.5 Å². The van der Waals surface area contributed by atoms with Gasteiger partial charge in [0.1, 0.15) is 11.8 Å². The summed E-state index contributed by atoms with van der Waals surface area (Å²) in [5.74, 6) is 0.347. The van der Waals surface area contributed by atoms with Gasteiger partial charge in [0.2, 0.25) is 5.91 Å². The van der Waals surface area contributed by atoms with Gasteiger partial charge in [-0.05, 0) is 73.4 Å². The average molecular weight is 492 g/mol. The van der Waals surface area contributed by atoms with Crippen molar-refractivity contribution in [3.8, 4) is 5.75 Å². The molecule has 0 aromatic heterocycles. The Kier molecular flexibility index (Phi) is 6.88. The van der Waals surface area contributed by atoms with Crippen LogP contribution in [0.1, 0.15) is 24.8 Å². The van der Waals surface area contributed by atoms with E-state index in [-0.39, 0.29) is 24.3 Å². The van der Waals surface area contributed by atoms with Crippen molar-refractivity contribution in [2.24, 2.45) is 0 Å². The number of hydrogen-bond donors (Lipinski definition) is 1. The maximum atomic E-state index is 13.2. The molecule has 1 aliphatic heterocycles. The molecule has 1 saturated heterocycles. The highest BCUT2D eigenvalue weighted by Gasteiger charge is 2.48. The van der Waals surface area contributed by atoms with E-state index in [1.54, 1.807) is 48.4 Å². The molecule has 1 saturated carbocycles. The zero-order valence-electron chi connectivity index (χ0n) is 17.5. The lowest BCUT2D eigenvalue weighted by Gasteiger charge is -2.24. The Balaban J connectivity index is 1.47. The maximum absolute atomic E-state index is 13.2. The van der Waals surface area contributed by atoms with E-state index in [9.17, 15) is 9.59 Å². The third kappa shape index (κ3) is 5.00. The molecule has 1 N–H and O–H groups in total. The van der Waals surface area contributed by atoms with Crippen LogP contribution < -0.4 is 10.1 Å². The Morgan fingerprint density at radius 2 is 1.91 bits per heavy atom. The number of halogens is 2.